The highest BCUT2D eigenvalue weighted by Gasteiger charge is 2.61. The number of carbonyl (C=O) groups excluding carboxylic acids is 2. The van der Waals surface area contributed by atoms with E-state index in [1.54, 1.807) is 0 Å². The number of nitrogens with zero attached hydrogens (tertiary/aromatic N) is 2. The van der Waals surface area contributed by atoms with E-state index in [1.807, 2.05) is 11.0 Å². The van der Waals surface area contributed by atoms with Crippen LogP contribution in [0, 0.1) is 34.5 Å². The van der Waals surface area contributed by atoms with Crippen molar-refractivity contribution in [2.75, 3.05) is 26.7 Å². The molecule has 0 aromatic rings. The van der Waals surface area contributed by atoms with Crippen LogP contribution in [-0.2, 0) is 9.59 Å². The quantitative estimate of drug-likeness (QED) is 0.733. The van der Waals surface area contributed by atoms with Crippen molar-refractivity contribution in [2.45, 2.75) is 66.2 Å². The predicted octanol–water partition coefficient (Wildman–Crippen LogP) is 4.11. The number of amides is 1. The van der Waals surface area contributed by atoms with E-state index in [4.69, 9.17) is 0 Å². The first kappa shape index (κ1) is 20.0. The van der Waals surface area contributed by atoms with Crippen LogP contribution in [0.1, 0.15) is 66.2 Å². The topological polar surface area (TPSA) is 40.6 Å². The first-order chi connectivity index (χ1) is 13.3. The summed E-state index contributed by atoms with van der Waals surface area (Å²) >= 11 is 0. The summed E-state index contributed by atoms with van der Waals surface area (Å²) in [6.07, 6.45) is 8.25. The van der Waals surface area contributed by atoms with E-state index in [-0.39, 0.29) is 16.7 Å². The lowest BCUT2D eigenvalue weighted by atomic mass is 9.49. The van der Waals surface area contributed by atoms with Gasteiger partial charge in [-0.3, -0.25) is 9.59 Å². The lowest BCUT2D eigenvalue weighted by Crippen LogP contribution is -2.57. The summed E-state index contributed by atoms with van der Waals surface area (Å²) in [7, 11) is 2.18. The van der Waals surface area contributed by atoms with Crippen LogP contribution in [0.3, 0.4) is 0 Å². The van der Waals surface area contributed by atoms with E-state index >= 15 is 0 Å². The van der Waals surface area contributed by atoms with Gasteiger partial charge in [0.1, 0.15) is 0 Å². The molecule has 3 aliphatic carbocycles. The molecule has 4 heteroatoms. The fourth-order valence-corrected chi connectivity index (χ4v) is 7.73. The summed E-state index contributed by atoms with van der Waals surface area (Å²) in [4.78, 5) is 29.8. The fourth-order valence-electron chi connectivity index (χ4n) is 7.73. The van der Waals surface area contributed by atoms with Crippen molar-refractivity contribution in [1.82, 2.24) is 9.80 Å². The Morgan fingerprint density at radius 1 is 1.14 bits per heavy atom. The van der Waals surface area contributed by atoms with Gasteiger partial charge in [0.25, 0.3) is 0 Å². The van der Waals surface area contributed by atoms with Gasteiger partial charge in [0.15, 0.2) is 5.78 Å². The zero-order valence-corrected chi connectivity index (χ0v) is 18.5. The van der Waals surface area contributed by atoms with Crippen molar-refractivity contribution >= 4 is 11.7 Å². The van der Waals surface area contributed by atoms with Crippen LogP contribution in [0.2, 0.25) is 0 Å². The summed E-state index contributed by atoms with van der Waals surface area (Å²) in [5, 5.41) is 0. The van der Waals surface area contributed by atoms with E-state index in [0.717, 1.165) is 38.9 Å². The van der Waals surface area contributed by atoms with E-state index < -0.39 is 0 Å². The maximum absolute atomic E-state index is 13.3. The number of hydrogen-bond donors (Lipinski definition) is 0. The number of carbonyl (C=O) groups is 2. The lowest BCUT2D eigenvalue weighted by Gasteiger charge is -2.60. The van der Waals surface area contributed by atoms with Gasteiger partial charge in [-0.15, -0.1) is 0 Å². The molecule has 1 amide bonds. The highest BCUT2D eigenvalue weighted by Crippen LogP contribution is 2.65. The molecule has 3 fully saturated rings. The fraction of sp³-hybridized carbons (Fsp3) is 0.833. The third-order valence-electron chi connectivity index (χ3n) is 9.30. The van der Waals surface area contributed by atoms with Gasteiger partial charge in [-0.2, -0.15) is 0 Å². The second-order valence-corrected chi connectivity index (χ2v) is 10.4. The number of allylic oxidation sites excluding steroid dienone is 2. The van der Waals surface area contributed by atoms with Crippen LogP contribution in [0.25, 0.3) is 0 Å². The molecule has 4 rings (SSSR count). The molecule has 0 radical (unpaired) electrons. The van der Waals surface area contributed by atoms with E-state index in [1.165, 1.54) is 18.5 Å². The summed E-state index contributed by atoms with van der Waals surface area (Å²) in [6.45, 7) is 11.7. The molecule has 0 bridgehead atoms. The number of fused-ring (bicyclic) bond motifs is 5. The standard InChI is InChI=1S/C24H38N2O2/c1-6-26(7-2)22(28)20-9-8-18-17-15-25(5)21-14-16(27)10-12-24(21,4)19(17)11-13-23(18,20)3/h14,17-20H,6-13,15H2,1-5H3/t17?,18?,19?,20-,23+,24-/m1/s1. The minimum absolute atomic E-state index is 0.133. The zero-order chi connectivity index (χ0) is 20.3. The van der Waals surface area contributed by atoms with E-state index in [2.05, 4.69) is 39.6 Å². The van der Waals surface area contributed by atoms with Crippen molar-refractivity contribution in [3.8, 4) is 0 Å². The monoisotopic (exact) mass is 386 g/mol. The van der Waals surface area contributed by atoms with Crippen LogP contribution in [0.4, 0.5) is 0 Å². The predicted molar refractivity (Wildman–Crippen MR) is 112 cm³/mol. The van der Waals surface area contributed by atoms with Crippen LogP contribution in [-0.4, -0.2) is 48.2 Å². The van der Waals surface area contributed by atoms with Crippen LogP contribution in [0.15, 0.2) is 11.8 Å². The highest BCUT2D eigenvalue weighted by atomic mass is 16.2. The first-order valence-electron chi connectivity index (χ1n) is 11.5. The second-order valence-electron chi connectivity index (χ2n) is 10.4. The maximum Gasteiger partial charge on any atom is 0.226 e. The van der Waals surface area contributed by atoms with Gasteiger partial charge in [-0.1, -0.05) is 13.8 Å². The lowest BCUT2D eigenvalue weighted by molar-refractivity contribution is -0.143. The Bertz CT molecular complexity index is 697. The molecule has 156 valence electrons. The average Bonchev–Trinajstić information content (AvgIpc) is 3.01. The highest BCUT2D eigenvalue weighted by molar-refractivity contribution is 5.91. The number of hydrogen-bond acceptors (Lipinski definition) is 3. The molecular weight excluding hydrogens is 348 g/mol. The van der Waals surface area contributed by atoms with Crippen molar-refractivity contribution in [1.29, 1.82) is 0 Å². The minimum Gasteiger partial charge on any atom is -0.377 e. The summed E-state index contributed by atoms with van der Waals surface area (Å²) in [5.74, 6) is 2.82. The maximum atomic E-state index is 13.3. The van der Waals surface area contributed by atoms with Gasteiger partial charge in [-0.25, -0.2) is 0 Å². The normalized spacial score (nSPS) is 42.4. The smallest absolute Gasteiger partial charge is 0.226 e. The Morgan fingerprint density at radius 2 is 1.86 bits per heavy atom. The van der Waals surface area contributed by atoms with Crippen molar-refractivity contribution in [3.63, 3.8) is 0 Å². The molecular formula is C24H38N2O2. The van der Waals surface area contributed by atoms with Gasteiger partial charge in [0, 0.05) is 56.2 Å². The molecule has 28 heavy (non-hydrogen) atoms. The van der Waals surface area contributed by atoms with Gasteiger partial charge in [0.2, 0.25) is 5.91 Å². The van der Waals surface area contributed by atoms with Crippen LogP contribution in [0.5, 0.6) is 0 Å². The average molecular weight is 387 g/mol. The molecule has 6 atom stereocenters. The molecule has 2 saturated carbocycles. The number of ketones is 1. The molecule has 0 aromatic carbocycles. The number of rotatable bonds is 3. The number of piperidine rings is 1. The van der Waals surface area contributed by atoms with E-state index in [9.17, 15) is 9.59 Å². The molecule has 0 aromatic heterocycles. The van der Waals surface area contributed by atoms with Gasteiger partial charge in [-0.05, 0) is 69.1 Å². The molecule has 1 heterocycles. The first-order valence-corrected chi connectivity index (χ1v) is 11.5. The third-order valence-corrected chi connectivity index (χ3v) is 9.30. The van der Waals surface area contributed by atoms with Crippen molar-refractivity contribution in [2.24, 2.45) is 34.5 Å². The van der Waals surface area contributed by atoms with Gasteiger partial charge >= 0.3 is 0 Å². The Kier molecular flexibility index (Phi) is 4.91. The second kappa shape index (κ2) is 6.88. The summed E-state index contributed by atoms with van der Waals surface area (Å²) < 4.78 is 0. The molecule has 4 nitrogen and oxygen atoms in total. The largest absolute Gasteiger partial charge is 0.377 e. The summed E-state index contributed by atoms with van der Waals surface area (Å²) in [6, 6.07) is 0. The summed E-state index contributed by atoms with van der Waals surface area (Å²) in [5.41, 5.74) is 1.56. The third kappa shape index (κ3) is 2.69. The van der Waals surface area contributed by atoms with Crippen LogP contribution < -0.4 is 0 Å². The van der Waals surface area contributed by atoms with E-state index in [0.29, 0.717) is 35.9 Å². The SMILES string of the molecule is CCN(CC)C(=O)[C@H]1CCC2C3CN(C)C4=CC(=O)CC[C@]4(C)C3CC[C@@]21C. The van der Waals surface area contributed by atoms with Crippen molar-refractivity contribution in [3.05, 3.63) is 11.8 Å². The Balaban J connectivity index is 1.64. The number of likely N-dealkylation sites (tertiary alicyclic amines) is 1. The Hall–Kier alpha value is -1.32. The van der Waals surface area contributed by atoms with Gasteiger partial charge < -0.3 is 9.80 Å². The Morgan fingerprint density at radius 3 is 2.54 bits per heavy atom. The van der Waals surface area contributed by atoms with Crippen molar-refractivity contribution < 1.29 is 9.59 Å². The van der Waals surface area contributed by atoms with Crippen LogP contribution >= 0.6 is 0 Å². The molecule has 3 unspecified atom stereocenters. The Labute approximate surface area is 170 Å². The molecule has 0 N–H and O–H groups in total. The molecule has 1 aliphatic heterocycles. The zero-order valence-electron chi connectivity index (χ0n) is 18.5. The molecule has 4 aliphatic rings. The molecule has 1 saturated heterocycles. The molecule has 0 spiro atoms. The minimum atomic E-state index is 0.133. The van der Waals surface area contributed by atoms with Gasteiger partial charge in [0.05, 0.1) is 0 Å².